The number of aromatic nitrogens is 3. The molecule has 154 valence electrons. The SMILES string of the molecule is N#Cc1cc(C(=O)CC(S)(c2cc(Cl)cc(Cl)c2)C(F)(F)F)ccc1-n1cncn1. The maximum Gasteiger partial charge on any atom is 0.407 e. The highest BCUT2D eigenvalue weighted by atomic mass is 35.5. The molecule has 2 aromatic carbocycles. The number of hydrogen-bond acceptors (Lipinski definition) is 5. The summed E-state index contributed by atoms with van der Waals surface area (Å²) in [6.45, 7) is 0. The van der Waals surface area contributed by atoms with Gasteiger partial charge in [0.1, 0.15) is 23.5 Å². The van der Waals surface area contributed by atoms with Crippen LogP contribution in [0.1, 0.15) is 27.9 Å². The summed E-state index contributed by atoms with van der Waals surface area (Å²) in [7, 11) is 0. The van der Waals surface area contributed by atoms with Crippen LogP contribution in [-0.4, -0.2) is 26.7 Å². The largest absolute Gasteiger partial charge is 0.407 e. The Labute approximate surface area is 184 Å². The van der Waals surface area contributed by atoms with Crippen molar-refractivity contribution < 1.29 is 18.0 Å². The number of carbonyl (C=O) groups is 1. The van der Waals surface area contributed by atoms with Crippen LogP contribution in [0.3, 0.4) is 0 Å². The summed E-state index contributed by atoms with van der Waals surface area (Å²) in [5.41, 5.74) is -0.0507. The Balaban J connectivity index is 2.00. The highest BCUT2D eigenvalue weighted by Gasteiger charge is 2.54. The maximum absolute atomic E-state index is 13.9. The molecule has 5 nitrogen and oxygen atoms in total. The molecular weight excluding hydrogens is 460 g/mol. The summed E-state index contributed by atoms with van der Waals surface area (Å²) in [6, 6.07) is 9.24. The minimum atomic E-state index is -4.89. The number of carbonyl (C=O) groups excluding carboxylic acids is 1. The van der Waals surface area contributed by atoms with Crippen molar-refractivity contribution >= 4 is 41.6 Å². The topological polar surface area (TPSA) is 71.6 Å². The second-order valence-corrected chi connectivity index (χ2v) is 7.94. The van der Waals surface area contributed by atoms with Crippen LogP contribution in [0, 0.1) is 11.3 Å². The molecule has 0 aliphatic heterocycles. The summed E-state index contributed by atoms with van der Waals surface area (Å²) < 4.78 is 40.3. The van der Waals surface area contributed by atoms with Gasteiger partial charge in [0.25, 0.3) is 0 Å². The number of alkyl halides is 3. The third-order valence-electron chi connectivity index (χ3n) is 4.33. The van der Waals surface area contributed by atoms with E-state index in [1.54, 1.807) is 0 Å². The Morgan fingerprint density at radius 3 is 2.37 bits per heavy atom. The molecule has 3 aromatic rings. The third kappa shape index (κ3) is 4.31. The quantitative estimate of drug-likeness (QED) is 0.399. The Morgan fingerprint density at radius 1 is 1.17 bits per heavy atom. The number of ketones is 1. The number of halogens is 5. The van der Waals surface area contributed by atoms with E-state index in [1.165, 1.54) is 41.6 Å². The molecule has 0 aliphatic rings. The lowest BCUT2D eigenvalue weighted by molar-refractivity contribution is -0.160. The van der Waals surface area contributed by atoms with Gasteiger partial charge in [-0.3, -0.25) is 4.79 Å². The van der Waals surface area contributed by atoms with E-state index in [0.29, 0.717) is 5.69 Å². The van der Waals surface area contributed by atoms with Crippen molar-refractivity contribution in [2.45, 2.75) is 17.3 Å². The highest BCUT2D eigenvalue weighted by Crippen LogP contribution is 2.48. The number of benzene rings is 2. The molecule has 0 fully saturated rings. The van der Waals surface area contributed by atoms with Gasteiger partial charge in [-0.05, 0) is 42.0 Å². The lowest BCUT2D eigenvalue weighted by Crippen LogP contribution is -2.39. The van der Waals surface area contributed by atoms with Crippen molar-refractivity contribution in [2.75, 3.05) is 0 Å². The van der Waals surface area contributed by atoms with Crippen LogP contribution in [0.4, 0.5) is 13.2 Å². The molecule has 0 saturated carbocycles. The molecule has 0 aliphatic carbocycles. The van der Waals surface area contributed by atoms with Crippen LogP contribution in [-0.2, 0) is 4.75 Å². The minimum Gasteiger partial charge on any atom is -0.294 e. The molecule has 30 heavy (non-hydrogen) atoms. The Morgan fingerprint density at radius 2 is 1.83 bits per heavy atom. The number of nitrogens with zero attached hydrogens (tertiary/aromatic N) is 4. The number of thiol groups is 1. The lowest BCUT2D eigenvalue weighted by Gasteiger charge is -2.31. The van der Waals surface area contributed by atoms with Gasteiger partial charge < -0.3 is 0 Å². The summed E-state index contributed by atoms with van der Waals surface area (Å²) in [5.74, 6) is -0.861. The fourth-order valence-electron chi connectivity index (χ4n) is 2.82. The fourth-order valence-corrected chi connectivity index (χ4v) is 3.62. The van der Waals surface area contributed by atoms with Crippen LogP contribution in [0.15, 0.2) is 49.1 Å². The first-order valence-corrected chi connectivity index (χ1v) is 9.43. The van der Waals surface area contributed by atoms with Crippen molar-refractivity contribution in [2.24, 2.45) is 0 Å². The van der Waals surface area contributed by atoms with Gasteiger partial charge in [-0.15, -0.1) is 0 Å². The van der Waals surface area contributed by atoms with E-state index < -0.39 is 23.1 Å². The van der Waals surface area contributed by atoms with E-state index in [4.69, 9.17) is 23.2 Å². The fraction of sp³-hybridized carbons (Fsp3) is 0.158. The van der Waals surface area contributed by atoms with Crippen molar-refractivity contribution in [3.05, 3.63) is 75.8 Å². The van der Waals surface area contributed by atoms with E-state index in [-0.39, 0.29) is 26.7 Å². The van der Waals surface area contributed by atoms with Gasteiger partial charge in [-0.1, -0.05) is 23.2 Å². The van der Waals surface area contributed by atoms with Crippen LogP contribution in [0.5, 0.6) is 0 Å². The monoisotopic (exact) mass is 470 g/mol. The van der Waals surface area contributed by atoms with Gasteiger partial charge in [-0.25, -0.2) is 9.67 Å². The molecule has 1 atom stereocenters. The molecule has 0 bridgehead atoms. The predicted octanol–water partition coefficient (Wildman–Crippen LogP) is 5.41. The number of rotatable bonds is 5. The molecule has 0 spiro atoms. The number of nitriles is 1. The summed E-state index contributed by atoms with van der Waals surface area (Å²) in [6.07, 6.45) is -3.31. The van der Waals surface area contributed by atoms with Gasteiger partial charge in [0.15, 0.2) is 5.78 Å². The van der Waals surface area contributed by atoms with Gasteiger partial charge in [0.2, 0.25) is 0 Å². The molecule has 0 N–H and O–H groups in total. The van der Waals surface area contributed by atoms with Gasteiger partial charge in [-0.2, -0.15) is 36.2 Å². The van der Waals surface area contributed by atoms with Crippen LogP contribution < -0.4 is 0 Å². The Kier molecular flexibility index (Phi) is 6.13. The number of hydrogen-bond donors (Lipinski definition) is 1. The first-order chi connectivity index (χ1) is 14.0. The zero-order valence-corrected chi connectivity index (χ0v) is 17.3. The normalized spacial score (nSPS) is 13.5. The standard InChI is InChI=1S/C19H11Cl2F3N4OS/c20-14-4-13(5-15(21)6-14)18(30,19(22,23)24)7-17(29)11-1-2-16(12(3-11)8-25)28-10-26-9-27-28/h1-6,9-10,30H,7H2. The summed E-state index contributed by atoms with van der Waals surface area (Å²) in [4.78, 5) is 16.5. The van der Waals surface area contributed by atoms with Crippen molar-refractivity contribution in [3.8, 4) is 11.8 Å². The van der Waals surface area contributed by atoms with E-state index in [9.17, 15) is 23.2 Å². The molecular formula is C19H11Cl2F3N4OS. The molecule has 0 radical (unpaired) electrons. The van der Waals surface area contributed by atoms with Crippen molar-refractivity contribution in [3.63, 3.8) is 0 Å². The van der Waals surface area contributed by atoms with Crippen LogP contribution in [0.25, 0.3) is 5.69 Å². The lowest BCUT2D eigenvalue weighted by atomic mass is 9.89. The molecule has 0 saturated heterocycles. The summed E-state index contributed by atoms with van der Waals surface area (Å²) in [5, 5.41) is 13.2. The first-order valence-electron chi connectivity index (χ1n) is 8.23. The smallest absolute Gasteiger partial charge is 0.294 e. The second-order valence-electron chi connectivity index (χ2n) is 6.30. The average Bonchev–Trinajstić information content (AvgIpc) is 3.20. The van der Waals surface area contributed by atoms with Gasteiger partial charge in [0, 0.05) is 22.0 Å². The molecule has 1 heterocycles. The highest BCUT2D eigenvalue weighted by molar-refractivity contribution is 7.81. The Hall–Kier alpha value is -2.54. The van der Waals surface area contributed by atoms with Gasteiger partial charge in [0.05, 0.1) is 11.3 Å². The molecule has 11 heteroatoms. The second kappa shape index (κ2) is 8.30. The molecule has 0 amide bonds. The van der Waals surface area contributed by atoms with E-state index in [0.717, 1.165) is 12.1 Å². The molecule has 1 unspecified atom stereocenters. The zero-order valence-electron chi connectivity index (χ0n) is 14.9. The van der Waals surface area contributed by atoms with Crippen molar-refractivity contribution in [1.82, 2.24) is 14.8 Å². The van der Waals surface area contributed by atoms with E-state index >= 15 is 0 Å². The first kappa shape index (κ1) is 22.2. The Bertz CT molecular complexity index is 1130. The third-order valence-corrected chi connectivity index (χ3v) is 5.44. The molecule has 3 rings (SSSR count). The van der Waals surface area contributed by atoms with Crippen LogP contribution >= 0.6 is 35.8 Å². The van der Waals surface area contributed by atoms with Crippen LogP contribution in [0.2, 0.25) is 10.0 Å². The minimum absolute atomic E-state index is 0.0171. The van der Waals surface area contributed by atoms with Crippen molar-refractivity contribution in [1.29, 1.82) is 5.26 Å². The predicted molar refractivity (Wildman–Crippen MR) is 108 cm³/mol. The van der Waals surface area contributed by atoms with Gasteiger partial charge >= 0.3 is 6.18 Å². The van der Waals surface area contributed by atoms with E-state index in [1.807, 2.05) is 6.07 Å². The average molecular weight is 471 g/mol. The zero-order chi connectivity index (χ0) is 22.1. The van der Waals surface area contributed by atoms with E-state index in [2.05, 4.69) is 22.7 Å². The number of Topliss-reactive ketones (excluding diaryl/α,β-unsaturated/α-hetero) is 1. The molecule has 1 aromatic heterocycles. The maximum atomic E-state index is 13.9. The summed E-state index contributed by atoms with van der Waals surface area (Å²) >= 11 is 15.5.